The maximum absolute atomic E-state index is 12.0. The van der Waals surface area contributed by atoms with Crippen molar-refractivity contribution in [2.24, 2.45) is 0 Å². The molecule has 0 saturated carbocycles. The highest BCUT2D eigenvalue weighted by atomic mass is 16.6. The molecule has 1 aliphatic rings. The molecule has 0 fully saturated rings. The van der Waals surface area contributed by atoms with Crippen LogP contribution in [0.4, 0.5) is 11.4 Å². The van der Waals surface area contributed by atoms with E-state index in [9.17, 15) is 9.59 Å². The Balaban J connectivity index is 1.58. The quantitative estimate of drug-likeness (QED) is 0.652. The molecule has 0 atom stereocenters. The van der Waals surface area contributed by atoms with Gasteiger partial charge in [0.15, 0.2) is 18.1 Å². The summed E-state index contributed by atoms with van der Waals surface area (Å²) in [7, 11) is 0. The second-order valence-electron chi connectivity index (χ2n) is 5.52. The van der Waals surface area contributed by atoms with E-state index in [2.05, 4.69) is 5.32 Å². The molecule has 2 aromatic rings. The molecule has 2 aromatic carbocycles. The van der Waals surface area contributed by atoms with Crippen LogP contribution in [0.1, 0.15) is 15.9 Å². The second-order valence-corrected chi connectivity index (χ2v) is 5.52. The fourth-order valence-corrected chi connectivity index (χ4v) is 2.39. The van der Waals surface area contributed by atoms with Crippen molar-refractivity contribution in [1.29, 1.82) is 0 Å². The minimum atomic E-state index is -0.640. The molecule has 130 valence electrons. The molecule has 1 heterocycles. The minimum Gasteiger partial charge on any atom is -0.486 e. The average molecular weight is 342 g/mol. The maximum Gasteiger partial charge on any atom is 0.340 e. The first-order valence-corrected chi connectivity index (χ1v) is 7.76. The van der Waals surface area contributed by atoms with Crippen molar-refractivity contribution >= 4 is 23.3 Å². The van der Waals surface area contributed by atoms with Gasteiger partial charge in [-0.15, -0.1) is 0 Å². The highest BCUT2D eigenvalue weighted by Gasteiger charge is 2.16. The van der Waals surface area contributed by atoms with Crippen LogP contribution in [-0.4, -0.2) is 31.7 Å². The van der Waals surface area contributed by atoms with Gasteiger partial charge in [0.2, 0.25) is 0 Å². The van der Waals surface area contributed by atoms with E-state index in [4.69, 9.17) is 19.9 Å². The Hall–Kier alpha value is -3.22. The van der Waals surface area contributed by atoms with Crippen LogP contribution in [-0.2, 0) is 9.53 Å². The van der Waals surface area contributed by atoms with E-state index < -0.39 is 18.5 Å². The second kappa shape index (κ2) is 7.12. The summed E-state index contributed by atoms with van der Waals surface area (Å²) in [6, 6.07) is 10.1. The molecule has 0 unspecified atom stereocenters. The molecule has 1 amide bonds. The third-order valence-electron chi connectivity index (χ3n) is 3.70. The van der Waals surface area contributed by atoms with Crippen molar-refractivity contribution in [2.45, 2.75) is 6.92 Å². The lowest BCUT2D eigenvalue weighted by atomic mass is 10.1. The first-order valence-electron chi connectivity index (χ1n) is 7.76. The van der Waals surface area contributed by atoms with Gasteiger partial charge in [0.1, 0.15) is 13.2 Å². The zero-order valence-corrected chi connectivity index (χ0v) is 13.7. The Labute approximate surface area is 144 Å². The van der Waals surface area contributed by atoms with Crippen molar-refractivity contribution in [1.82, 2.24) is 0 Å². The third kappa shape index (κ3) is 3.82. The summed E-state index contributed by atoms with van der Waals surface area (Å²) in [5.74, 6) is 0.0916. The number of rotatable bonds is 4. The molecule has 3 N–H and O–H groups in total. The fourth-order valence-electron chi connectivity index (χ4n) is 2.39. The van der Waals surface area contributed by atoms with Crippen molar-refractivity contribution < 1.29 is 23.8 Å². The number of nitrogen functional groups attached to an aromatic ring is 1. The normalized spacial score (nSPS) is 12.4. The van der Waals surface area contributed by atoms with Crippen molar-refractivity contribution in [3.05, 3.63) is 47.5 Å². The number of ether oxygens (including phenoxy) is 3. The van der Waals surface area contributed by atoms with Crippen molar-refractivity contribution in [3.63, 3.8) is 0 Å². The van der Waals surface area contributed by atoms with Gasteiger partial charge in [0, 0.05) is 17.4 Å². The van der Waals surface area contributed by atoms with E-state index >= 15 is 0 Å². The van der Waals surface area contributed by atoms with E-state index in [1.807, 2.05) is 0 Å². The Morgan fingerprint density at radius 2 is 1.92 bits per heavy atom. The molecule has 25 heavy (non-hydrogen) atoms. The van der Waals surface area contributed by atoms with Gasteiger partial charge in [0.05, 0.1) is 5.56 Å². The Morgan fingerprint density at radius 1 is 1.16 bits per heavy atom. The number of hydrogen-bond acceptors (Lipinski definition) is 6. The van der Waals surface area contributed by atoms with Crippen molar-refractivity contribution in [2.75, 3.05) is 30.9 Å². The minimum absolute atomic E-state index is 0.243. The third-order valence-corrected chi connectivity index (χ3v) is 3.70. The number of amides is 1. The number of carbonyl (C=O) groups is 2. The summed E-state index contributed by atoms with van der Waals surface area (Å²) >= 11 is 0. The monoisotopic (exact) mass is 342 g/mol. The SMILES string of the molecule is Cc1cccc(C(=O)OCC(=O)Nc2ccc3c(c2)OCCO3)c1N. The number of benzene rings is 2. The van der Waals surface area contributed by atoms with E-state index in [1.54, 1.807) is 43.3 Å². The highest BCUT2D eigenvalue weighted by molar-refractivity contribution is 5.98. The molecule has 1 aliphatic heterocycles. The summed E-state index contributed by atoms with van der Waals surface area (Å²) in [4.78, 5) is 24.0. The number of nitrogens with two attached hydrogens (primary N) is 1. The summed E-state index contributed by atoms with van der Waals surface area (Å²) in [5, 5.41) is 2.64. The Bertz CT molecular complexity index is 819. The largest absolute Gasteiger partial charge is 0.486 e. The molecule has 0 aromatic heterocycles. The first-order chi connectivity index (χ1) is 12.0. The summed E-state index contributed by atoms with van der Waals surface area (Å²) in [5.41, 5.74) is 7.74. The van der Waals surface area contributed by atoms with Gasteiger partial charge in [-0.1, -0.05) is 12.1 Å². The van der Waals surface area contributed by atoms with Crippen LogP contribution in [0.3, 0.4) is 0 Å². The molecule has 3 rings (SSSR count). The van der Waals surface area contributed by atoms with Gasteiger partial charge in [-0.2, -0.15) is 0 Å². The number of aryl methyl sites for hydroxylation is 1. The van der Waals surface area contributed by atoms with Gasteiger partial charge in [0.25, 0.3) is 5.91 Å². The number of carbonyl (C=O) groups excluding carboxylic acids is 2. The van der Waals surface area contributed by atoms with Crippen molar-refractivity contribution in [3.8, 4) is 11.5 Å². The van der Waals surface area contributed by atoms with Crippen LogP contribution in [0.25, 0.3) is 0 Å². The lowest BCUT2D eigenvalue weighted by Crippen LogP contribution is -2.22. The maximum atomic E-state index is 12.0. The number of anilines is 2. The summed E-state index contributed by atoms with van der Waals surface area (Å²) < 4.78 is 15.9. The van der Waals surface area contributed by atoms with Gasteiger partial charge >= 0.3 is 5.97 Å². The predicted octanol–water partition coefficient (Wildman–Crippen LogP) is 2.14. The highest BCUT2D eigenvalue weighted by Crippen LogP contribution is 2.32. The molecular formula is C18H18N2O5. The van der Waals surface area contributed by atoms with Gasteiger partial charge in [-0.3, -0.25) is 4.79 Å². The average Bonchev–Trinajstić information content (AvgIpc) is 2.62. The van der Waals surface area contributed by atoms with E-state index in [0.29, 0.717) is 36.1 Å². The van der Waals surface area contributed by atoms with Crippen LogP contribution in [0.2, 0.25) is 0 Å². The molecular weight excluding hydrogens is 324 g/mol. The van der Waals surface area contributed by atoms with Crippen LogP contribution in [0.15, 0.2) is 36.4 Å². The number of para-hydroxylation sites is 1. The number of esters is 1. The fraction of sp³-hybridized carbons (Fsp3) is 0.222. The predicted molar refractivity (Wildman–Crippen MR) is 91.9 cm³/mol. The van der Waals surface area contributed by atoms with Crippen LogP contribution in [0.5, 0.6) is 11.5 Å². The zero-order valence-electron chi connectivity index (χ0n) is 13.7. The number of fused-ring (bicyclic) bond motifs is 1. The van der Waals surface area contributed by atoms with E-state index in [0.717, 1.165) is 5.56 Å². The number of hydrogen-bond donors (Lipinski definition) is 2. The lowest BCUT2D eigenvalue weighted by Gasteiger charge is -2.19. The van der Waals surface area contributed by atoms with Gasteiger partial charge in [-0.25, -0.2) is 4.79 Å². The van der Waals surface area contributed by atoms with Gasteiger partial charge in [-0.05, 0) is 30.7 Å². The summed E-state index contributed by atoms with van der Waals surface area (Å²) in [6.07, 6.45) is 0. The lowest BCUT2D eigenvalue weighted by molar-refractivity contribution is -0.119. The van der Waals surface area contributed by atoms with Crippen LogP contribution < -0.4 is 20.5 Å². The Morgan fingerprint density at radius 3 is 2.72 bits per heavy atom. The molecule has 0 aliphatic carbocycles. The first kappa shape index (κ1) is 16.6. The van der Waals surface area contributed by atoms with E-state index in [1.165, 1.54) is 0 Å². The molecule has 0 saturated heterocycles. The number of nitrogens with one attached hydrogen (secondary N) is 1. The van der Waals surface area contributed by atoms with E-state index in [-0.39, 0.29) is 5.56 Å². The molecule has 7 heteroatoms. The molecule has 7 nitrogen and oxygen atoms in total. The molecule has 0 bridgehead atoms. The van der Waals surface area contributed by atoms with Crippen LogP contribution >= 0.6 is 0 Å². The topological polar surface area (TPSA) is 99.9 Å². The summed E-state index contributed by atoms with van der Waals surface area (Å²) in [6.45, 7) is 2.33. The van der Waals surface area contributed by atoms with Gasteiger partial charge < -0.3 is 25.3 Å². The zero-order chi connectivity index (χ0) is 17.8. The standard InChI is InChI=1S/C18H18N2O5/c1-11-3-2-4-13(17(11)19)18(22)25-10-16(21)20-12-5-6-14-15(9-12)24-8-7-23-14/h2-6,9H,7-8,10,19H2,1H3,(H,20,21). The van der Waals surface area contributed by atoms with Crippen LogP contribution in [0, 0.1) is 6.92 Å². The smallest absolute Gasteiger partial charge is 0.340 e. The Kier molecular flexibility index (Phi) is 4.74. The molecule has 0 radical (unpaired) electrons. The molecule has 0 spiro atoms.